The van der Waals surface area contributed by atoms with E-state index in [4.69, 9.17) is 0 Å². The lowest BCUT2D eigenvalue weighted by molar-refractivity contribution is 0.468. The molecule has 0 unspecified atom stereocenters. The van der Waals surface area contributed by atoms with Crippen molar-refractivity contribution in [2.24, 2.45) is 0 Å². The fourth-order valence-electron chi connectivity index (χ4n) is 2.93. The standard InChI is InChI=1S/C23H28O2/c1-5-7-9-17-15-19(11-13-21(17)24)23(3,4)20-12-14-22(25)18(16-20)10-8-6-2/h5-8,11-16,24-25H,9-10H2,1-4H3. The molecular formula is C23H28O2. The average molecular weight is 336 g/mol. The van der Waals surface area contributed by atoms with E-state index in [2.05, 4.69) is 26.0 Å². The second-order valence-electron chi connectivity index (χ2n) is 6.86. The average Bonchev–Trinajstić information content (AvgIpc) is 2.60. The second-order valence-corrected chi connectivity index (χ2v) is 6.86. The van der Waals surface area contributed by atoms with Gasteiger partial charge in [-0.2, -0.15) is 0 Å². The molecule has 0 bridgehead atoms. The van der Waals surface area contributed by atoms with Crippen molar-refractivity contribution in [3.63, 3.8) is 0 Å². The highest BCUT2D eigenvalue weighted by Crippen LogP contribution is 2.36. The summed E-state index contributed by atoms with van der Waals surface area (Å²) in [4.78, 5) is 0. The van der Waals surface area contributed by atoms with Crippen molar-refractivity contribution >= 4 is 0 Å². The smallest absolute Gasteiger partial charge is 0.119 e. The van der Waals surface area contributed by atoms with Gasteiger partial charge in [0.1, 0.15) is 11.5 Å². The first-order valence-electron chi connectivity index (χ1n) is 8.77. The van der Waals surface area contributed by atoms with Gasteiger partial charge in [0, 0.05) is 5.41 Å². The van der Waals surface area contributed by atoms with Gasteiger partial charge in [-0.3, -0.25) is 0 Å². The minimum Gasteiger partial charge on any atom is -0.508 e. The number of rotatable bonds is 6. The molecule has 0 aliphatic carbocycles. The molecule has 2 N–H and O–H groups in total. The molecule has 0 heterocycles. The minimum absolute atomic E-state index is 0.225. The van der Waals surface area contributed by atoms with Gasteiger partial charge in [-0.15, -0.1) is 0 Å². The maximum atomic E-state index is 10.1. The predicted molar refractivity (Wildman–Crippen MR) is 105 cm³/mol. The highest BCUT2D eigenvalue weighted by molar-refractivity contribution is 5.47. The van der Waals surface area contributed by atoms with Crippen LogP contribution in [0.25, 0.3) is 0 Å². The molecule has 2 rings (SSSR count). The third kappa shape index (κ3) is 4.33. The summed E-state index contributed by atoms with van der Waals surface area (Å²) >= 11 is 0. The zero-order valence-electron chi connectivity index (χ0n) is 15.6. The van der Waals surface area contributed by atoms with Crippen molar-refractivity contribution in [1.29, 1.82) is 0 Å². The van der Waals surface area contributed by atoms with Gasteiger partial charge in [-0.25, -0.2) is 0 Å². The van der Waals surface area contributed by atoms with Gasteiger partial charge in [0.15, 0.2) is 0 Å². The van der Waals surface area contributed by atoms with Gasteiger partial charge in [-0.05, 0) is 61.1 Å². The Morgan fingerprint density at radius 3 is 1.52 bits per heavy atom. The number of phenolic OH excluding ortho intramolecular Hbond substituents is 2. The van der Waals surface area contributed by atoms with E-state index in [1.807, 2.05) is 50.3 Å². The van der Waals surface area contributed by atoms with Crippen molar-refractivity contribution in [3.05, 3.63) is 83.0 Å². The molecular weight excluding hydrogens is 308 g/mol. The Morgan fingerprint density at radius 2 is 1.16 bits per heavy atom. The summed E-state index contributed by atoms with van der Waals surface area (Å²) in [6.45, 7) is 8.30. The number of aromatic hydroxyl groups is 2. The van der Waals surface area contributed by atoms with Gasteiger partial charge < -0.3 is 10.2 Å². The minimum atomic E-state index is -0.225. The van der Waals surface area contributed by atoms with Crippen LogP contribution in [0.2, 0.25) is 0 Å². The normalized spacial score (nSPS) is 12.3. The molecule has 0 aliphatic heterocycles. The van der Waals surface area contributed by atoms with E-state index in [-0.39, 0.29) is 5.41 Å². The van der Waals surface area contributed by atoms with E-state index >= 15 is 0 Å². The molecule has 25 heavy (non-hydrogen) atoms. The Labute approximate surface area is 151 Å². The quantitative estimate of drug-likeness (QED) is 0.668. The first kappa shape index (κ1) is 18.9. The Hall–Kier alpha value is -2.48. The fourth-order valence-corrected chi connectivity index (χ4v) is 2.93. The van der Waals surface area contributed by atoms with Gasteiger partial charge in [0.25, 0.3) is 0 Å². The lowest BCUT2D eigenvalue weighted by Crippen LogP contribution is -2.19. The molecule has 0 aliphatic rings. The van der Waals surface area contributed by atoms with Gasteiger partial charge >= 0.3 is 0 Å². The van der Waals surface area contributed by atoms with Crippen LogP contribution >= 0.6 is 0 Å². The van der Waals surface area contributed by atoms with Crippen LogP contribution in [-0.4, -0.2) is 10.2 Å². The molecule has 0 aromatic heterocycles. The maximum absolute atomic E-state index is 10.1. The SMILES string of the molecule is CC=CCc1cc(C(C)(C)c2ccc(O)c(CC=CC)c2)ccc1O. The van der Waals surface area contributed by atoms with Crippen molar-refractivity contribution in [2.75, 3.05) is 0 Å². The molecule has 0 saturated heterocycles. The Balaban J connectivity index is 2.44. The fraction of sp³-hybridized carbons (Fsp3) is 0.304. The second kappa shape index (κ2) is 8.06. The number of hydrogen-bond acceptors (Lipinski definition) is 2. The molecule has 2 aromatic rings. The van der Waals surface area contributed by atoms with E-state index in [9.17, 15) is 10.2 Å². The summed E-state index contributed by atoms with van der Waals surface area (Å²) in [5.41, 5.74) is 3.92. The lowest BCUT2D eigenvalue weighted by atomic mass is 9.77. The van der Waals surface area contributed by atoms with Crippen molar-refractivity contribution in [3.8, 4) is 11.5 Å². The summed E-state index contributed by atoms with van der Waals surface area (Å²) < 4.78 is 0. The molecule has 132 valence electrons. The first-order valence-corrected chi connectivity index (χ1v) is 8.77. The van der Waals surface area contributed by atoms with Gasteiger partial charge in [0.05, 0.1) is 0 Å². The summed E-state index contributed by atoms with van der Waals surface area (Å²) in [7, 11) is 0. The lowest BCUT2D eigenvalue weighted by Gasteiger charge is -2.27. The predicted octanol–water partition coefficient (Wildman–Crippen LogP) is 5.66. The zero-order chi connectivity index (χ0) is 18.4. The topological polar surface area (TPSA) is 40.5 Å². The number of allylic oxidation sites excluding steroid dienone is 4. The summed E-state index contributed by atoms with van der Waals surface area (Å²) in [6.07, 6.45) is 9.50. The van der Waals surface area contributed by atoms with E-state index < -0.39 is 0 Å². The van der Waals surface area contributed by atoms with E-state index in [0.717, 1.165) is 22.3 Å². The van der Waals surface area contributed by atoms with Crippen LogP contribution in [0.4, 0.5) is 0 Å². The van der Waals surface area contributed by atoms with Crippen molar-refractivity contribution < 1.29 is 10.2 Å². The molecule has 0 atom stereocenters. The number of hydrogen-bond donors (Lipinski definition) is 2. The molecule has 0 saturated carbocycles. The largest absolute Gasteiger partial charge is 0.508 e. The van der Waals surface area contributed by atoms with E-state index in [1.165, 1.54) is 0 Å². The van der Waals surface area contributed by atoms with E-state index in [1.54, 1.807) is 12.1 Å². The number of benzene rings is 2. The van der Waals surface area contributed by atoms with Crippen molar-refractivity contribution in [2.45, 2.75) is 46.0 Å². The highest BCUT2D eigenvalue weighted by Gasteiger charge is 2.24. The molecule has 0 spiro atoms. The van der Waals surface area contributed by atoms with Crippen LogP contribution in [0.15, 0.2) is 60.7 Å². The van der Waals surface area contributed by atoms with Gasteiger partial charge in [0.2, 0.25) is 0 Å². The molecule has 0 fully saturated rings. The molecule has 2 aromatic carbocycles. The van der Waals surface area contributed by atoms with Crippen LogP contribution in [0.3, 0.4) is 0 Å². The van der Waals surface area contributed by atoms with Crippen LogP contribution in [0.1, 0.15) is 49.9 Å². The molecule has 0 radical (unpaired) electrons. The molecule has 0 amide bonds. The Kier molecular flexibility index (Phi) is 6.08. The summed E-state index contributed by atoms with van der Waals surface area (Å²) in [6, 6.07) is 11.7. The maximum Gasteiger partial charge on any atom is 0.119 e. The monoisotopic (exact) mass is 336 g/mol. The van der Waals surface area contributed by atoms with Gasteiger partial charge in [-0.1, -0.05) is 62.4 Å². The van der Waals surface area contributed by atoms with Crippen LogP contribution < -0.4 is 0 Å². The molecule has 2 nitrogen and oxygen atoms in total. The summed E-state index contributed by atoms with van der Waals surface area (Å²) in [5.74, 6) is 0.661. The van der Waals surface area contributed by atoms with E-state index in [0.29, 0.717) is 24.3 Å². The zero-order valence-corrected chi connectivity index (χ0v) is 15.6. The summed E-state index contributed by atoms with van der Waals surface area (Å²) in [5, 5.41) is 20.2. The Morgan fingerprint density at radius 1 is 0.760 bits per heavy atom. The van der Waals surface area contributed by atoms with Crippen LogP contribution in [-0.2, 0) is 18.3 Å². The number of phenols is 2. The molecule has 2 heteroatoms. The van der Waals surface area contributed by atoms with Crippen LogP contribution in [0, 0.1) is 0 Å². The third-order valence-electron chi connectivity index (χ3n) is 4.75. The van der Waals surface area contributed by atoms with Crippen LogP contribution in [0.5, 0.6) is 11.5 Å². The highest BCUT2D eigenvalue weighted by atomic mass is 16.3. The first-order chi connectivity index (χ1) is 11.9. The Bertz CT molecular complexity index is 717. The van der Waals surface area contributed by atoms with Crippen molar-refractivity contribution in [1.82, 2.24) is 0 Å². The third-order valence-corrected chi connectivity index (χ3v) is 4.75.